The third-order valence-corrected chi connectivity index (χ3v) is 3.21. The van der Waals surface area contributed by atoms with Crippen molar-refractivity contribution in [3.63, 3.8) is 0 Å². The van der Waals surface area contributed by atoms with Gasteiger partial charge in [-0.25, -0.2) is 0 Å². The lowest BCUT2D eigenvalue weighted by Gasteiger charge is -2.04. The molecule has 0 spiro atoms. The molecule has 5 heteroatoms. The Morgan fingerprint density at radius 1 is 1.47 bits per heavy atom. The number of aromatic nitrogens is 2. The van der Waals surface area contributed by atoms with Crippen LogP contribution in [0.1, 0.15) is 28.5 Å². The van der Waals surface area contributed by atoms with Crippen LogP contribution in [0.4, 0.5) is 5.82 Å². The zero-order valence-corrected chi connectivity index (χ0v) is 10.7. The maximum Gasteiger partial charge on any atom is 0.256 e. The van der Waals surface area contributed by atoms with Crippen LogP contribution < -0.4 is 10.1 Å². The van der Waals surface area contributed by atoms with Gasteiger partial charge < -0.3 is 10.1 Å². The zero-order valence-electron chi connectivity index (χ0n) is 10.7. The van der Waals surface area contributed by atoms with E-state index in [0.717, 1.165) is 29.8 Å². The molecule has 1 aliphatic heterocycles. The van der Waals surface area contributed by atoms with Gasteiger partial charge in [0.25, 0.3) is 5.91 Å². The Bertz CT molecular complexity index is 619. The fourth-order valence-corrected chi connectivity index (χ4v) is 2.12. The molecule has 1 aliphatic rings. The molecule has 2 N–H and O–H groups in total. The van der Waals surface area contributed by atoms with Crippen LogP contribution in [0.5, 0.6) is 5.75 Å². The van der Waals surface area contributed by atoms with E-state index in [1.54, 1.807) is 6.07 Å². The van der Waals surface area contributed by atoms with Crippen LogP contribution in [-0.2, 0) is 12.8 Å². The number of carbonyl (C=O) groups excluding carboxylic acids is 1. The van der Waals surface area contributed by atoms with Gasteiger partial charge in [0.15, 0.2) is 5.82 Å². The van der Waals surface area contributed by atoms with Crippen LogP contribution in [0.25, 0.3) is 0 Å². The Morgan fingerprint density at radius 3 is 3.16 bits per heavy atom. The lowest BCUT2D eigenvalue weighted by Crippen LogP contribution is -2.12. The van der Waals surface area contributed by atoms with Crippen molar-refractivity contribution in [3.05, 3.63) is 41.1 Å². The van der Waals surface area contributed by atoms with Gasteiger partial charge in [0.2, 0.25) is 0 Å². The molecule has 5 nitrogen and oxygen atoms in total. The fraction of sp³-hybridized carbons (Fsp3) is 0.286. The summed E-state index contributed by atoms with van der Waals surface area (Å²) >= 11 is 0. The Morgan fingerprint density at radius 2 is 2.37 bits per heavy atom. The molecule has 98 valence electrons. The topological polar surface area (TPSA) is 67.0 Å². The van der Waals surface area contributed by atoms with E-state index in [-0.39, 0.29) is 5.91 Å². The largest absolute Gasteiger partial charge is 0.493 e. The van der Waals surface area contributed by atoms with E-state index in [1.165, 1.54) is 0 Å². The molecule has 0 aliphatic carbocycles. The minimum Gasteiger partial charge on any atom is -0.493 e. The summed E-state index contributed by atoms with van der Waals surface area (Å²) in [5.41, 5.74) is 2.71. The maximum absolute atomic E-state index is 12.1. The molecule has 0 saturated heterocycles. The second kappa shape index (κ2) is 4.76. The molecule has 0 fully saturated rings. The average molecular weight is 257 g/mol. The van der Waals surface area contributed by atoms with Gasteiger partial charge in [0.1, 0.15) is 5.75 Å². The highest BCUT2D eigenvalue weighted by Crippen LogP contribution is 2.26. The van der Waals surface area contributed by atoms with E-state index >= 15 is 0 Å². The predicted octanol–water partition coefficient (Wildman–Crippen LogP) is 2.16. The molecule has 0 radical (unpaired) electrons. The van der Waals surface area contributed by atoms with Crippen LogP contribution in [-0.4, -0.2) is 22.7 Å². The summed E-state index contributed by atoms with van der Waals surface area (Å²) in [6.07, 6.45) is 1.72. The van der Waals surface area contributed by atoms with E-state index in [2.05, 4.69) is 15.5 Å². The van der Waals surface area contributed by atoms with Crippen molar-refractivity contribution in [2.24, 2.45) is 0 Å². The van der Waals surface area contributed by atoms with Crippen LogP contribution in [0.3, 0.4) is 0 Å². The molecular weight excluding hydrogens is 242 g/mol. The van der Waals surface area contributed by atoms with Gasteiger partial charge in [0, 0.05) is 23.7 Å². The number of nitrogens with zero attached hydrogens (tertiary/aromatic N) is 1. The summed E-state index contributed by atoms with van der Waals surface area (Å²) in [5, 5.41) is 9.69. The van der Waals surface area contributed by atoms with E-state index in [4.69, 9.17) is 4.74 Å². The number of hydrogen-bond donors (Lipinski definition) is 2. The number of rotatable bonds is 3. The molecule has 1 aromatic carbocycles. The number of fused-ring (bicyclic) bond motifs is 1. The van der Waals surface area contributed by atoms with E-state index in [0.29, 0.717) is 18.0 Å². The van der Waals surface area contributed by atoms with Gasteiger partial charge in [0.05, 0.1) is 6.61 Å². The van der Waals surface area contributed by atoms with Gasteiger partial charge in [-0.2, -0.15) is 5.10 Å². The lowest BCUT2D eigenvalue weighted by atomic mass is 10.1. The first-order valence-electron chi connectivity index (χ1n) is 6.37. The van der Waals surface area contributed by atoms with Crippen LogP contribution in [0, 0.1) is 0 Å². The summed E-state index contributed by atoms with van der Waals surface area (Å²) < 4.78 is 5.42. The van der Waals surface area contributed by atoms with Gasteiger partial charge in [-0.3, -0.25) is 9.89 Å². The first-order valence-corrected chi connectivity index (χ1v) is 6.37. The van der Waals surface area contributed by atoms with E-state index < -0.39 is 0 Å². The number of anilines is 1. The van der Waals surface area contributed by atoms with Crippen LogP contribution in [0.2, 0.25) is 0 Å². The van der Waals surface area contributed by atoms with Gasteiger partial charge >= 0.3 is 0 Å². The number of carbonyl (C=O) groups is 1. The number of H-pyrrole nitrogens is 1. The molecule has 19 heavy (non-hydrogen) atoms. The quantitative estimate of drug-likeness (QED) is 0.885. The Kier molecular flexibility index (Phi) is 2.95. The molecular formula is C14H15N3O2. The molecule has 0 saturated carbocycles. The number of amides is 1. The van der Waals surface area contributed by atoms with E-state index in [1.807, 2.05) is 25.1 Å². The Hall–Kier alpha value is -2.30. The van der Waals surface area contributed by atoms with Crippen LogP contribution >= 0.6 is 0 Å². The average Bonchev–Trinajstić information content (AvgIpc) is 3.05. The second-order valence-electron chi connectivity index (χ2n) is 4.51. The number of aromatic amines is 1. The highest BCUT2D eigenvalue weighted by molar-refractivity contribution is 6.04. The van der Waals surface area contributed by atoms with Crippen molar-refractivity contribution in [1.29, 1.82) is 0 Å². The van der Waals surface area contributed by atoms with Gasteiger partial charge in [-0.15, -0.1) is 0 Å². The summed E-state index contributed by atoms with van der Waals surface area (Å²) in [6, 6.07) is 7.34. The molecule has 0 atom stereocenters. The van der Waals surface area contributed by atoms with Crippen molar-refractivity contribution in [3.8, 4) is 5.75 Å². The molecule has 1 amide bonds. The molecule has 2 aromatic rings. The fourth-order valence-electron chi connectivity index (χ4n) is 2.12. The third-order valence-electron chi connectivity index (χ3n) is 3.21. The third kappa shape index (κ3) is 2.31. The highest BCUT2D eigenvalue weighted by Gasteiger charge is 2.15. The Labute approximate surface area is 111 Å². The Balaban J connectivity index is 1.76. The van der Waals surface area contributed by atoms with Crippen molar-refractivity contribution < 1.29 is 9.53 Å². The number of benzene rings is 1. The maximum atomic E-state index is 12.1. The van der Waals surface area contributed by atoms with E-state index in [9.17, 15) is 4.79 Å². The predicted molar refractivity (Wildman–Crippen MR) is 71.6 cm³/mol. The lowest BCUT2D eigenvalue weighted by molar-refractivity contribution is 0.102. The number of aryl methyl sites for hydroxylation is 1. The summed E-state index contributed by atoms with van der Waals surface area (Å²) in [4.78, 5) is 12.1. The minimum absolute atomic E-state index is 0.149. The smallest absolute Gasteiger partial charge is 0.256 e. The normalized spacial score (nSPS) is 12.9. The SMILES string of the molecule is CCc1cc(NC(=O)c2ccc3c(c2)CCO3)n[nH]1. The monoisotopic (exact) mass is 257 g/mol. The summed E-state index contributed by atoms with van der Waals surface area (Å²) in [6.45, 7) is 2.72. The molecule has 0 bridgehead atoms. The second-order valence-corrected chi connectivity index (χ2v) is 4.51. The van der Waals surface area contributed by atoms with Crippen molar-refractivity contribution in [2.45, 2.75) is 19.8 Å². The number of nitrogens with one attached hydrogen (secondary N) is 2. The standard InChI is InChI=1S/C14H15N3O2/c1-2-11-8-13(17-16-11)15-14(18)10-3-4-12-9(7-10)5-6-19-12/h3-4,7-8H,2,5-6H2,1H3,(H2,15,16,17,18). The minimum atomic E-state index is -0.149. The first-order chi connectivity index (χ1) is 9.26. The molecule has 0 unspecified atom stereocenters. The molecule has 2 heterocycles. The molecule has 3 rings (SSSR count). The first kappa shape index (κ1) is 11.8. The summed E-state index contributed by atoms with van der Waals surface area (Å²) in [5.74, 6) is 1.28. The zero-order chi connectivity index (χ0) is 13.2. The number of hydrogen-bond acceptors (Lipinski definition) is 3. The van der Waals surface area contributed by atoms with Crippen molar-refractivity contribution in [2.75, 3.05) is 11.9 Å². The molecule has 1 aromatic heterocycles. The van der Waals surface area contributed by atoms with Crippen LogP contribution in [0.15, 0.2) is 24.3 Å². The number of ether oxygens (including phenoxy) is 1. The van der Waals surface area contributed by atoms with Crippen molar-refractivity contribution in [1.82, 2.24) is 10.2 Å². The highest BCUT2D eigenvalue weighted by atomic mass is 16.5. The summed E-state index contributed by atoms with van der Waals surface area (Å²) in [7, 11) is 0. The van der Waals surface area contributed by atoms with Crippen molar-refractivity contribution >= 4 is 11.7 Å². The van der Waals surface area contributed by atoms with Gasteiger partial charge in [-0.05, 0) is 30.2 Å². The van der Waals surface area contributed by atoms with Gasteiger partial charge in [-0.1, -0.05) is 6.92 Å².